The number of carbonyl (C=O) groups is 1. The van der Waals surface area contributed by atoms with Gasteiger partial charge in [-0.2, -0.15) is 0 Å². The number of nitro groups is 1. The van der Waals surface area contributed by atoms with Crippen molar-refractivity contribution in [2.75, 3.05) is 6.61 Å². The van der Waals surface area contributed by atoms with E-state index in [1.54, 1.807) is 24.3 Å². The Morgan fingerprint density at radius 3 is 2.38 bits per heavy atom. The van der Waals surface area contributed by atoms with Crippen LogP contribution in [0.4, 0.5) is 5.69 Å². The van der Waals surface area contributed by atoms with Gasteiger partial charge in [0.2, 0.25) is 0 Å². The zero-order valence-electron chi connectivity index (χ0n) is 14.6. The van der Waals surface area contributed by atoms with E-state index in [0.717, 1.165) is 12.8 Å². The Bertz CT molecular complexity index is 756. The van der Waals surface area contributed by atoms with Gasteiger partial charge in [0, 0.05) is 12.1 Å². The molecule has 0 N–H and O–H groups in total. The number of ether oxygens (including phenoxy) is 2. The number of nitro benzene ring substituents is 1. The maximum absolute atomic E-state index is 12.3. The maximum Gasteiger partial charge on any atom is 0.337 e. The van der Waals surface area contributed by atoms with Gasteiger partial charge in [0.15, 0.2) is 6.10 Å². The molecule has 0 saturated heterocycles. The molecular formula is C20H21NO5. The monoisotopic (exact) mass is 355 g/mol. The van der Waals surface area contributed by atoms with Gasteiger partial charge in [-0.05, 0) is 36.2 Å². The summed E-state index contributed by atoms with van der Waals surface area (Å²) in [7, 11) is 0. The zero-order valence-corrected chi connectivity index (χ0v) is 14.6. The van der Waals surface area contributed by atoms with E-state index in [-0.39, 0.29) is 11.3 Å². The highest BCUT2D eigenvalue weighted by Gasteiger charge is 2.25. The van der Waals surface area contributed by atoms with Gasteiger partial charge in [0.25, 0.3) is 5.69 Å². The van der Waals surface area contributed by atoms with Crippen LogP contribution in [-0.2, 0) is 9.53 Å². The van der Waals surface area contributed by atoms with Gasteiger partial charge in [-0.1, -0.05) is 38.1 Å². The van der Waals surface area contributed by atoms with Crippen LogP contribution in [0.15, 0.2) is 66.7 Å². The molecule has 0 amide bonds. The molecule has 1 unspecified atom stereocenters. The number of hydrogen-bond donors (Lipinski definition) is 0. The van der Waals surface area contributed by atoms with Crippen molar-refractivity contribution in [3.05, 3.63) is 82.4 Å². The van der Waals surface area contributed by atoms with Crippen LogP contribution in [0.5, 0.6) is 5.75 Å². The molecule has 1 atom stereocenters. The highest BCUT2D eigenvalue weighted by Crippen LogP contribution is 2.29. The minimum atomic E-state index is -0.799. The molecule has 6 nitrogen and oxygen atoms in total. The highest BCUT2D eigenvalue weighted by atomic mass is 16.6. The number of nitrogens with zero attached hydrogens (tertiary/aromatic N) is 1. The number of unbranched alkanes of at least 4 members (excludes halogenated alkanes) is 1. The molecule has 2 rings (SSSR count). The number of rotatable bonds is 9. The molecule has 0 aliphatic heterocycles. The van der Waals surface area contributed by atoms with Crippen LogP contribution < -0.4 is 4.74 Å². The summed E-state index contributed by atoms with van der Waals surface area (Å²) < 4.78 is 11.1. The molecule has 6 heteroatoms. The highest BCUT2D eigenvalue weighted by molar-refractivity contribution is 5.89. The molecule has 2 aromatic carbocycles. The Morgan fingerprint density at radius 1 is 1.15 bits per heavy atom. The van der Waals surface area contributed by atoms with Gasteiger partial charge in [0.1, 0.15) is 5.75 Å². The lowest BCUT2D eigenvalue weighted by molar-refractivity contribution is -0.384. The SMILES string of the molecule is C=C(C(=O)OCCCC)C(Oc1ccccc1)c1ccc([N+](=O)[O-])cc1. The molecule has 0 spiro atoms. The Balaban J connectivity index is 2.24. The maximum atomic E-state index is 12.3. The predicted molar refractivity (Wildman–Crippen MR) is 97.9 cm³/mol. The van der Waals surface area contributed by atoms with Crippen LogP contribution in [0.2, 0.25) is 0 Å². The van der Waals surface area contributed by atoms with Crippen molar-refractivity contribution in [2.45, 2.75) is 25.9 Å². The Morgan fingerprint density at radius 2 is 1.81 bits per heavy atom. The first-order chi connectivity index (χ1) is 12.5. The largest absolute Gasteiger partial charge is 0.481 e. The van der Waals surface area contributed by atoms with Crippen molar-refractivity contribution in [2.24, 2.45) is 0 Å². The lowest BCUT2D eigenvalue weighted by Crippen LogP contribution is -2.19. The Labute approximate surface area is 152 Å². The number of esters is 1. The average molecular weight is 355 g/mol. The Kier molecular flexibility index (Phi) is 6.91. The predicted octanol–water partition coefficient (Wildman–Crippen LogP) is 4.61. The first-order valence-electron chi connectivity index (χ1n) is 8.35. The van der Waals surface area contributed by atoms with E-state index in [4.69, 9.17) is 9.47 Å². The summed E-state index contributed by atoms with van der Waals surface area (Å²) in [5.41, 5.74) is 0.680. The number of benzene rings is 2. The van der Waals surface area contributed by atoms with Gasteiger partial charge in [-0.3, -0.25) is 10.1 Å². The Hall–Kier alpha value is -3.15. The summed E-state index contributed by atoms with van der Waals surface area (Å²) in [6.07, 6.45) is 0.875. The van der Waals surface area contributed by atoms with Crippen LogP contribution in [0.25, 0.3) is 0 Å². The van der Waals surface area contributed by atoms with Gasteiger partial charge in [-0.25, -0.2) is 4.79 Å². The van der Waals surface area contributed by atoms with E-state index < -0.39 is 17.0 Å². The van der Waals surface area contributed by atoms with Gasteiger partial charge >= 0.3 is 5.97 Å². The molecule has 0 aliphatic rings. The molecular weight excluding hydrogens is 334 g/mol. The fourth-order valence-electron chi connectivity index (χ4n) is 2.26. The summed E-state index contributed by atoms with van der Waals surface area (Å²) in [5.74, 6) is 0.0103. The van der Waals surface area contributed by atoms with Crippen LogP contribution in [0.3, 0.4) is 0 Å². The van der Waals surface area contributed by atoms with Crippen LogP contribution >= 0.6 is 0 Å². The molecule has 0 aromatic heterocycles. The fourth-order valence-corrected chi connectivity index (χ4v) is 2.26. The summed E-state index contributed by atoms with van der Waals surface area (Å²) in [5, 5.41) is 10.8. The molecule has 0 aliphatic carbocycles. The fraction of sp³-hybridized carbons (Fsp3) is 0.250. The van der Waals surface area contributed by atoms with Crippen molar-refractivity contribution in [1.29, 1.82) is 0 Å². The molecule has 0 heterocycles. The molecule has 0 radical (unpaired) electrons. The average Bonchev–Trinajstić information content (AvgIpc) is 2.66. The summed E-state index contributed by atoms with van der Waals surface area (Å²) in [6.45, 7) is 6.14. The van der Waals surface area contributed by atoms with E-state index >= 15 is 0 Å². The number of hydrogen-bond acceptors (Lipinski definition) is 5. The quantitative estimate of drug-likeness (QED) is 0.216. The first kappa shape index (κ1) is 19.2. The van der Waals surface area contributed by atoms with Gasteiger partial charge in [-0.15, -0.1) is 0 Å². The van der Waals surface area contributed by atoms with Crippen LogP contribution in [-0.4, -0.2) is 17.5 Å². The van der Waals surface area contributed by atoms with Crippen molar-refractivity contribution >= 4 is 11.7 Å². The molecule has 0 saturated carbocycles. The van der Waals surface area contributed by atoms with E-state index in [2.05, 4.69) is 6.58 Å². The second kappa shape index (κ2) is 9.36. The van der Waals surface area contributed by atoms with Crippen molar-refractivity contribution in [3.63, 3.8) is 0 Å². The lowest BCUT2D eigenvalue weighted by atomic mass is 10.0. The smallest absolute Gasteiger partial charge is 0.337 e. The molecule has 26 heavy (non-hydrogen) atoms. The van der Waals surface area contributed by atoms with E-state index in [1.165, 1.54) is 12.1 Å². The van der Waals surface area contributed by atoms with Crippen molar-refractivity contribution in [1.82, 2.24) is 0 Å². The van der Waals surface area contributed by atoms with Crippen molar-refractivity contribution in [3.8, 4) is 5.75 Å². The third-order valence-electron chi connectivity index (χ3n) is 3.71. The first-order valence-corrected chi connectivity index (χ1v) is 8.35. The second-order valence-corrected chi connectivity index (χ2v) is 5.67. The summed E-state index contributed by atoms with van der Waals surface area (Å²) in [6, 6.07) is 14.8. The zero-order chi connectivity index (χ0) is 18.9. The molecule has 136 valence electrons. The number of carbonyl (C=O) groups excluding carboxylic acids is 1. The van der Waals surface area contributed by atoms with Crippen molar-refractivity contribution < 1.29 is 19.2 Å². The molecule has 0 fully saturated rings. The topological polar surface area (TPSA) is 78.7 Å². The third-order valence-corrected chi connectivity index (χ3v) is 3.71. The minimum absolute atomic E-state index is 0.0386. The van der Waals surface area contributed by atoms with E-state index in [9.17, 15) is 14.9 Å². The second-order valence-electron chi connectivity index (χ2n) is 5.67. The standard InChI is InChI=1S/C20H21NO5/c1-3-4-14-25-20(22)15(2)19(26-18-8-6-5-7-9-18)16-10-12-17(13-11-16)21(23)24/h5-13,19H,2-4,14H2,1H3. The minimum Gasteiger partial charge on any atom is -0.481 e. The lowest BCUT2D eigenvalue weighted by Gasteiger charge is -2.21. The molecule has 0 bridgehead atoms. The summed E-state index contributed by atoms with van der Waals surface area (Å²) in [4.78, 5) is 22.7. The summed E-state index contributed by atoms with van der Waals surface area (Å²) >= 11 is 0. The molecule has 2 aromatic rings. The van der Waals surface area contributed by atoms with Crippen LogP contribution in [0, 0.1) is 10.1 Å². The van der Waals surface area contributed by atoms with Gasteiger partial charge in [0.05, 0.1) is 17.1 Å². The van der Waals surface area contributed by atoms with Gasteiger partial charge < -0.3 is 9.47 Å². The van der Waals surface area contributed by atoms with Crippen LogP contribution in [0.1, 0.15) is 31.4 Å². The normalized spacial score (nSPS) is 11.4. The third kappa shape index (κ3) is 5.17. The number of para-hydroxylation sites is 1. The van der Waals surface area contributed by atoms with E-state index in [0.29, 0.717) is 17.9 Å². The van der Waals surface area contributed by atoms with E-state index in [1.807, 2.05) is 25.1 Å². The number of non-ortho nitro benzene ring substituents is 1.